The summed E-state index contributed by atoms with van der Waals surface area (Å²) in [7, 11) is 0. The molecule has 0 atom stereocenters. The van der Waals surface area contributed by atoms with Gasteiger partial charge in [-0.05, 0) is 53.4 Å². The van der Waals surface area contributed by atoms with Crippen LogP contribution in [0.2, 0.25) is 0 Å². The number of hydrogen-bond donors (Lipinski definition) is 0. The van der Waals surface area contributed by atoms with Crippen molar-refractivity contribution in [2.24, 2.45) is 0 Å². The van der Waals surface area contributed by atoms with Crippen LogP contribution in [0.5, 0.6) is 0 Å². The molecule has 0 aromatic rings. The molecule has 2 rings (SSSR count). The molecule has 0 unspecified atom stereocenters. The van der Waals surface area contributed by atoms with Crippen LogP contribution >= 0.6 is 47.0 Å². The predicted molar refractivity (Wildman–Crippen MR) is 87.8 cm³/mol. The van der Waals surface area contributed by atoms with Crippen molar-refractivity contribution >= 4 is 47.0 Å². The van der Waals surface area contributed by atoms with Gasteiger partial charge in [0.25, 0.3) is 0 Å². The van der Waals surface area contributed by atoms with Crippen molar-refractivity contribution in [2.45, 2.75) is 27.7 Å². The summed E-state index contributed by atoms with van der Waals surface area (Å²) in [6, 6.07) is 2.33. The summed E-state index contributed by atoms with van der Waals surface area (Å²) < 4.78 is 2.32. The Balaban J connectivity index is 2.22. The number of nitriles is 1. The quantitative estimate of drug-likeness (QED) is 0.551. The van der Waals surface area contributed by atoms with Crippen LogP contribution in [0.4, 0.5) is 0 Å². The molecule has 0 saturated carbocycles. The van der Waals surface area contributed by atoms with Gasteiger partial charge in [0.15, 0.2) is 0 Å². The summed E-state index contributed by atoms with van der Waals surface area (Å²) in [5.41, 5.74) is 0.790. The Morgan fingerprint density at radius 1 is 0.889 bits per heavy atom. The molecule has 0 aromatic heterocycles. The van der Waals surface area contributed by atoms with E-state index in [4.69, 9.17) is 0 Å². The first kappa shape index (κ1) is 14.3. The van der Waals surface area contributed by atoms with E-state index in [9.17, 15) is 5.26 Å². The minimum absolute atomic E-state index is 0.790. The van der Waals surface area contributed by atoms with Gasteiger partial charge < -0.3 is 0 Å². The van der Waals surface area contributed by atoms with Gasteiger partial charge in [0, 0.05) is 0 Å². The molecule has 0 N–H and O–H groups in total. The fourth-order valence-corrected chi connectivity index (χ4v) is 6.18. The summed E-state index contributed by atoms with van der Waals surface area (Å²) in [4.78, 5) is 5.29. The lowest BCUT2D eigenvalue weighted by atomic mass is 10.3. The largest absolute Gasteiger partial charge is 0.192 e. The highest BCUT2D eigenvalue weighted by atomic mass is 32.2. The van der Waals surface area contributed by atoms with Gasteiger partial charge >= 0.3 is 0 Å². The molecule has 0 spiro atoms. The fraction of sp³-hybridized carbons (Fsp3) is 0.308. The van der Waals surface area contributed by atoms with Gasteiger partial charge in [0.05, 0.1) is 14.0 Å². The number of thioether (sulfide) groups is 4. The molecule has 1 nitrogen and oxygen atoms in total. The normalized spacial score (nSPS) is 19.7. The molecule has 5 heteroatoms. The maximum Gasteiger partial charge on any atom is 0.101 e. The topological polar surface area (TPSA) is 23.8 Å². The first-order chi connectivity index (χ1) is 8.51. The Labute approximate surface area is 125 Å². The molecule has 0 radical (unpaired) electrons. The van der Waals surface area contributed by atoms with Crippen LogP contribution in [0, 0.1) is 11.3 Å². The van der Waals surface area contributed by atoms with E-state index in [1.165, 1.54) is 23.9 Å². The van der Waals surface area contributed by atoms with Gasteiger partial charge in [0.2, 0.25) is 0 Å². The molecule has 94 valence electrons. The smallest absolute Gasteiger partial charge is 0.101 e. The molecule has 2 aliphatic heterocycles. The van der Waals surface area contributed by atoms with Gasteiger partial charge in [-0.25, -0.2) is 0 Å². The Kier molecular flexibility index (Phi) is 4.65. The van der Waals surface area contributed by atoms with Crippen molar-refractivity contribution in [3.05, 3.63) is 39.7 Å². The minimum atomic E-state index is 0.790. The minimum Gasteiger partial charge on any atom is -0.192 e. The van der Waals surface area contributed by atoms with Gasteiger partial charge in [-0.15, -0.1) is 0 Å². The third kappa shape index (κ3) is 3.05. The second-order valence-electron chi connectivity index (χ2n) is 3.91. The van der Waals surface area contributed by atoms with Gasteiger partial charge in [-0.1, -0.05) is 47.0 Å². The van der Waals surface area contributed by atoms with Crippen molar-refractivity contribution in [2.75, 3.05) is 0 Å². The number of hydrogen-bond acceptors (Lipinski definition) is 5. The summed E-state index contributed by atoms with van der Waals surface area (Å²) in [5.74, 6) is 0. The number of rotatable bonds is 1. The first-order valence-electron chi connectivity index (χ1n) is 5.43. The van der Waals surface area contributed by atoms with E-state index in [-0.39, 0.29) is 0 Å². The van der Waals surface area contributed by atoms with Crippen molar-refractivity contribution in [3.63, 3.8) is 0 Å². The molecule has 0 aliphatic carbocycles. The Morgan fingerprint density at radius 2 is 1.33 bits per heavy atom. The maximum atomic E-state index is 9.32. The first-order valence-corrected chi connectivity index (χ1v) is 8.70. The van der Waals surface area contributed by atoms with Crippen LogP contribution in [-0.4, -0.2) is 0 Å². The fourth-order valence-electron chi connectivity index (χ4n) is 1.33. The van der Waals surface area contributed by atoms with E-state index in [1.54, 1.807) is 47.0 Å². The lowest BCUT2D eigenvalue weighted by molar-refractivity contribution is 1.50. The van der Waals surface area contributed by atoms with Crippen LogP contribution < -0.4 is 0 Å². The zero-order valence-corrected chi connectivity index (χ0v) is 13.9. The van der Waals surface area contributed by atoms with Crippen molar-refractivity contribution < 1.29 is 0 Å². The average Bonchev–Trinajstić information content (AvgIpc) is 2.80. The second kappa shape index (κ2) is 5.87. The maximum absolute atomic E-state index is 9.32. The van der Waals surface area contributed by atoms with Crippen molar-refractivity contribution in [1.82, 2.24) is 0 Å². The van der Waals surface area contributed by atoms with Crippen LogP contribution in [0.25, 0.3) is 0 Å². The SMILES string of the molecule is CC1=C(C)SC(=CC(C#N)=C2SC(C)=C(C)S2)S1. The molecule has 2 heterocycles. The summed E-state index contributed by atoms with van der Waals surface area (Å²) in [6.45, 7) is 8.47. The molecular weight excluding hydrogens is 298 g/mol. The van der Waals surface area contributed by atoms with Crippen LogP contribution in [0.15, 0.2) is 39.7 Å². The van der Waals surface area contributed by atoms with E-state index in [1.807, 2.05) is 6.08 Å². The zero-order chi connectivity index (χ0) is 13.3. The molecule has 0 amide bonds. The second-order valence-corrected chi connectivity index (χ2v) is 9.39. The third-order valence-corrected chi connectivity index (χ3v) is 7.75. The van der Waals surface area contributed by atoms with E-state index < -0.39 is 0 Å². The highest BCUT2D eigenvalue weighted by molar-refractivity contribution is 8.29. The monoisotopic (exact) mass is 311 g/mol. The number of nitrogens with zero attached hydrogens (tertiary/aromatic N) is 1. The molecule has 0 aromatic carbocycles. The summed E-state index contributed by atoms with van der Waals surface area (Å²) in [6.07, 6.45) is 2.02. The predicted octanol–water partition coefficient (Wildman–Crippen LogP) is 6.03. The van der Waals surface area contributed by atoms with Crippen molar-refractivity contribution in [1.29, 1.82) is 5.26 Å². The Morgan fingerprint density at radius 3 is 1.78 bits per heavy atom. The molecular formula is C13H13NS4. The highest BCUT2D eigenvalue weighted by Gasteiger charge is 2.20. The van der Waals surface area contributed by atoms with Gasteiger partial charge in [-0.3, -0.25) is 0 Å². The van der Waals surface area contributed by atoms with Crippen LogP contribution in [0.1, 0.15) is 27.7 Å². The third-order valence-electron chi connectivity index (χ3n) is 2.59. The summed E-state index contributed by atoms with van der Waals surface area (Å²) in [5, 5.41) is 9.32. The number of allylic oxidation sites excluding steroid dienone is 6. The molecule has 18 heavy (non-hydrogen) atoms. The lowest BCUT2D eigenvalue weighted by Gasteiger charge is -1.99. The van der Waals surface area contributed by atoms with Gasteiger partial charge in [-0.2, -0.15) is 5.26 Å². The van der Waals surface area contributed by atoms with E-state index in [0.29, 0.717) is 0 Å². The van der Waals surface area contributed by atoms with Crippen LogP contribution in [-0.2, 0) is 0 Å². The standard InChI is InChI=1S/C13H13NS4/c1-7-8(2)16-12(15-7)5-11(6-14)13-17-9(3)10(4)18-13/h5H,1-4H3. The summed E-state index contributed by atoms with van der Waals surface area (Å²) >= 11 is 6.96. The van der Waals surface area contributed by atoms with Gasteiger partial charge in [0.1, 0.15) is 6.07 Å². The van der Waals surface area contributed by atoms with E-state index in [2.05, 4.69) is 33.8 Å². The van der Waals surface area contributed by atoms with E-state index >= 15 is 0 Å². The molecule has 0 saturated heterocycles. The Bertz CT molecular complexity index is 526. The average molecular weight is 312 g/mol. The lowest BCUT2D eigenvalue weighted by Crippen LogP contribution is -1.77. The highest BCUT2D eigenvalue weighted by Crippen LogP contribution is 2.52. The van der Waals surface area contributed by atoms with Crippen molar-refractivity contribution in [3.8, 4) is 6.07 Å². The van der Waals surface area contributed by atoms with E-state index in [0.717, 1.165) is 9.81 Å². The Hall–Kier alpha value is -0.150. The van der Waals surface area contributed by atoms with Crippen LogP contribution in [0.3, 0.4) is 0 Å². The zero-order valence-electron chi connectivity index (χ0n) is 10.7. The molecule has 0 fully saturated rings. The molecule has 0 bridgehead atoms. The molecule has 2 aliphatic rings.